The molecule has 0 amide bonds. The molecule has 0 aliphatic heterocycles. The van der Waals surface area contributed by atoms with Crippen molar-refractivity contribution in [3.8, 4) is 0 Å². The number of carbonyl (C=O) groups is 2. The van der Waals surface area contributed by atoms with Crippen molar-refractivity contribution in [2.24, 2.45) is 0 Å². The topological polar surface area (TPSA) is 43.4 Å². The van der Waals surface area contributed by atoms with Gasteiger partial charge in [0.25, 0.3) is 0 Å². The molecule has 3 nitrogen and oxygen atoms in total. The number of ether oxygens (including phenoxy) is 1. The summed E-state index contributed by atoms with van der Waals surface area (Å²) in [4.78, 5) is 21.7. The number of hydrogen-bond acceptors (Lipinski definition) is 3. The van der Waals surface area contributed by atoms with Gasteiger partial charge in [-0.1, -0.05) is 11.6 Å². The van der Waals surface area contributed by atoms with Crippen LogP contribution in [-0.2, 0) is 4.74 Å². The Kier molecular flexibility index (Phi) is 3.25. The number of methoxy groups -OCH3 is 1. The number of esters is 1. The van der Waals surface area contributed by atoms with Crippen molar-refractivity contribution in [3.63, 3.8) is 0 Å². The van der Waals surface area contributed by atoms with Crippen LogP contribution in [0.25, 0.3) is 0 Å². The molecule has 74 valence electrons. The Morgan fingerprint density at radius 1 is 1.50 bits per heavy atom. The fourth-order valence-corrected chi connectivity index (χ4v) is 1.33. The van der Waals surface area contributed by atoms with Crippen LogP contribution in [0.3, 0.4) is 0 Å². The molecule has 14 heavy (non-hydrogen) atoms. The maximum atomic E-state index is 11.2. The zero-order valence-corrected chi connectivity index (χ0v) is 8.59. The Hall–Kier alpha value is -1.35. The molecule has 1 aromatic rings. The molecule has 0 fully saturated rings. The van der Waals surface area contributed by atoms with E-state index in [0.717, 1.165) is 0 Å². The van der Waals surface area contributed by atoms with Crippen molar-refractivity contribution in [2.45, 2.75) is 6.92 Å². The minimum atomic E-state index is -0.457. The Morgan fingerprint density at radius 3 is 2.64 bits per heavy atom. The molecule has 0 radical (unpaired) electrons. The lowest BCUT2D eigenvalue weighted by Gasteiger charge is -2.05. The molecule has 0 aromatic heterocycles. The predicted molar refractivity (Wildman–Crippen MR) is 52.9 cm³/mol. The van der Waals surface area contributed by atoms with Gasteiger partial charge in [-0.25, -0.2) is 4.79 Å². The van der Waals surface area contributed by atoms with Crippen LogP contribution < -0.4 is 0 Å². The Bertz CT molecular complexity index is 385. The Labute approximate surface area is 86.6 Å². The fraction of sp³-hybridized carbons (Fsp3) is 0.200. The predicted octanol–water partition coefficient (Wildman–Crippen LogP) is 2.25. The van der Waals surface area contributed by atoms with Gasteiger partial charge in [0.2, 0.25) is 0 Å². The number of halogens is 1. The second-order valence-corrected chi connectivity index (χ2v) is 3.21. The van der Waals surface area contributed by atoms with Gasteiger partial charge in [-0.2, -0.15) is 0 Å². The zero-order valence-electron chi connectivity index (χ0n) is 7.83. The van der Waals surface area contributed by atoms with Crippen molar-refractivity contribution >= 4 is 23.9 Å². The van der Waals surface area contributed by atoms with Crippen LogP contribution in [-0.4, -0.2) is 19.4 Å². The standard InChI is InChI=1S/C10H9ClO3/c1-6-3-7(5-12)9(11)4-8(6)10(13)14-2/h3-5H,1-2H3. The van der Waals surface area contributed by atoms with Crippen molar-refractivity contribution in [1.82, 2.24) is 0 Å². The number of hydrogen-bond donors (Lipinski definition) is 0. The van der Waals surface area contributed by atoms with E-state index in [9.17, 15) is 9.59 Å². The minimum Gasteiger partial charge on any atom is -0.465 e. The lowest BCUT2D eigenvalue weighted by Crippen LogP contribution is -2.04. The van der Waals surface area contributed by atoms with Gasteiger partial charge in [0.1, 0.15) is 0 Å². The van der Waals surface area contributed by atoms with Gasteiger partial charge >= 0.3 is 5.97 Å². The van der Waals surface area contributed by atoms with E-state index in [2.05, 4.69) is 4.74 Å². The summed E-state index contributed by atoms with van der Waals surface area (Å²) in [6, 6.07) is 2.99. The van der Waals surface area contributed by atoms with Gasteiger partial charge in [-0.3, -0.25) is 4.79 Å². The van der Waals surface area contributed by atoms with Gasteiger partial charge in [-0.05, 0) is 24.6 Å². The third kappa shape index (κ3) is 1.93. The highest BCUT2D eigenvalue weighted by molar-refractivity contribution is 6.33. The first kappa shape index (κ1) is 10.7. The molecule has 0 spiro atoms. The van der Waals surface area contributed by atoms with Crippen molar-refractivity contribution in [2.75, 3.05) is 7.11 Å². The summed E-state index contributed by atoms with van der Waals surface area (Å²) >= 11 is 5.76. The molecule has 1 aromatic carbocycles. The van der Waals surface area contributed by atoms with E-state index in [-0.39, 0.29) is 5.02 Å². The highest BCUT2D eigenvalue weighted by Crippen LogP contribution is 2.20. The van der Waals surface area contributed by atoms with E-state index in [1.54, 1.807) is 13.0 Å². The molecule has 0 saturated heterocycles. The summed E-state index contributed by atoms with van der Waals surface area (Å²) in [6.45, 7) is 1.72. The molecule has 0 N–H and O–H groups in total. The molecule has 0 heterocycles. The van der Waals surface area contributed by atoms with Crippen LogP contribution in [0.15, 0.2) is 12.1 Å². The van der Waals surface area contributed by atoms with Crippen LogP contribution >= 0.6 is 11.6 Å². The van der Waals surface area contributed by atoms with Crippen molar-refractivity contribution in [1.29, 1.82) is 0 Å². The van der Waals surface area contributed by atoms with E-state index in [1.165, 1.54) is 13.2 Å². The largest absolute Gasteiger partial charge is 0.465 e. The van der Waals surface area contributed by atoms with Crippen LogP contribution in [0.5, 0.6) is 0 Å². The summed E-state index contributed by atoms with van der Waals surface area (Å²) in [6.07, 6.45) is 0.649. The first-order valence-corrected chi connectivity index (χ1v) is 4.31. The van der Waals surface area contributed by atoms with Crippen LogP contribution in [0.1, 0.15) is 26.3 Å². The number of aldehydes is 1. The third-order valence-corrected chi connectivity index (χ3v) is 2.20. The maximum absolute atomic E-state index is 11.2. The number of rotatable bonds is 2. The van der Waals surface area contributed by atoms with Gasteiger partial charge in [0.15, 0.2) is 6.29 Å². The summed E-state index contributed by atoms with van der Waals surface area (Å²) in [7, 11) is 1.29. The van der Waals surface area contributed by atoms with Crippen molar-refractivity contribution in [3.05, 3.63) is 33.8 Å². The Balaban J connectivity index is 3.28. The first-order chi connectivity index (χ1) is 6.60. The van der Waals surface area contributed by atoms with Crippen LogP contribution in [0, 0.1) is 6.92 Å². The highest BCUT2D eigenvalue weighted by Gasteiger charge is 2.12. The third-order valence-electron chi connectivity index (χ3n) is 1.88. The van der Waals surface area contributed by atoms with E-state index in [0.29, 0.717) is 23.0 Å². The van der Waals surface area contributed by atoms with Crippen LogP contribution in [0.2, 0.25) is 5.02 Å². The summed E-state index contributed by atoms with van der Waals surface area (Å²) in [5.41, 5.74) is 1.42. The molecule has 0 saturated carbocycles. The number of benzene rings is 1. The average molecular weight is 213 g/mol. The molecule has 1 rings (SSSR count). The number of carbonyl (C=O) groups excluding carboxylic acids is 2. The van der Waals surface area contributed by atoms with E-state index in [4.69, 9.17) is 11.6 Å². The number of aryl methyl sites for hydroxylation is 1. The van der Waals surface area contributed by atoms with E-state index < -0.39 is 5.97 Å². The summed E-state index contributed by atoms with van der Waals surface area (Å²) in [5, 5.41) is 0.256. The molecular weight excluding hydrogens is 204 g/mol. The average Bonchev–Trinajstić information content (AvgIpc) is 2.19. The zero-order chi connectivity index (χ0) is 10.7. The molecule has 0 aliphatic rings. The first-order valence-electron chi connectivity index (χ1n) is 3.93. The van der Waals surface area contributed by atoms with Gasteiger partial charge < -0.3 is 4.74 Å². The van der Waals surface area contributed by atoms with Gasteiger partial charge in [0.05, 0.1) is 17.7 Å². The normalized spacial score (nSPS) is 9.64. The summed E-state index contributed by atoms with van der Waals surface area (Å²) in [5.74, 6) is -0.457. The van der Waals surface area contributed by atoms with Crippen molar-refractivity contribution < 1.29 is 14.3 Å². The summed E-state index contributed by atoms with van der Waals surface area (Å²) < 4.78 is 4.56. The lowest BCUT2D eigenvalue weighted by atomic mass is 10.1. The molecule has 4 heteroatoms. The monoisotopic (exact) mass is 212 g/mol. The lowest BCUT2D eigenvalue weighted by molar-refractivity contribution is 0.0599. The molecule has 0 bridgehead atoms. The molecule has 0 atom stereocenters. The van der Waals surface area contributed by atoms with E-state index in [1.807, 2.05) is 0 Å². The van der Waals surface area contributed by atoms with Gasteiger partial charge in [0, 0.05) is 5.56 Å². The SMILES string of the molecule is COC(=O)c1cc(Cl)c(C=O)cc1C. The molecule has 0 aliphatic carbocycles. The smallest absolute Gasteiger partial charge is 0.338 e. The van der Waals surface area contributed by atoms with Crippen LogP contribution in [0.4, 0.5) is 0 Å². The molecular formula is C10H9ClO3. The highest BCUT2D eigenvalue weighted by atomic mass is 35.5. The van der Waals surface area contributed by atoms with Gasteiger partial charge in [-0.15, -0.1) is 0 Å². The van der Waals surface area contributed by atoms with E-state index >= 15 is 0 Å². The minimum absolute atomic E-state index is 0.256. The Morgan fingerprint density at radius 2 is 2.14 bits per heavy atom. The molecule has 0 unspecified atom stereocenters. The fourth-order valence-electron chi connectivity index (χ4n) is 1.12. The second kappa shape index (κ2) is 4.24. The maximum Gasteiger partial charge on any atom is 0.338 e. The second-order valence-electron chi connectivity index (χ2n) is 2.80. The quantitative estimate of drug-likeness (QED) is 0.558.